The van der Waals surface area contributed by atoms with Crippen LogP contribution < -0.4 is 11.1 Å². The summed E-state index contributed by atoms with van der Waals surface area (Å²) in [4.78, 5) is 11.8. The van der Waals surface area contributed by atoms with Gasteiger partial charge < -0.3 is 15.8 Å². The Morgan fingerprint density at radius 1 is 1.53 bits per heavy atom. The molecule has 5 heteroatoms. The van der Waals surface area contributed by atoms with Crippen LogP contribution in [-0.2, 0) is 9.53 Å². The fraction of sp³-hybridized carbons (Fsp3) is 0.917. The lowest BCUT2D eigenvalue weighted by Gasteiger charge is -2.26. The standard InChI is InChI=1S/C12H24N2O2.ClH/c1-3-7-12(2,13)11(15)14-9-10-6-4-5-8-16-10;/h10H,3-9,13H2,1-2H3,(H,14,15);1H. The smallest absolute Gasteiger partial charge is 0.239 e. The van der Waals surface area contributed by atoms with E-state index in [4.69, 9.17) is 10.5 Å². The van der Waals surface area contributed by atoms with Crippen molar-refractivity contribution in [1.29, 1.82) is 0 Å². The first-order valence-corrected chi connectivity index (χ1v) is 6.25. The van der Waals surface area contributed by atoms with Crippen LogP contribution in [0.5, 0.6) is 0 Å². The first-order chi connectivity index (χ1) is 7.56. The molecule has 0 spiro atoms. The molecule has 1 aliphatic heterocycles. The van der Waals surface area contributed by atoms with Crippen LogP contribution in [0.2, 0.25) is 0 Å². The Hall–Kier alpha value is -0.320. The molecule has 2 atom stereocenters. The van der Waals surface area contributed by atoms with Crippen molar-refractivity contribution in [1.82, 2.24) is 5.32 Å². The number of nitrogens with two attached hydrogens (primary N) is 1. The molecule has 0 aromatic rings. The summed E-state index contributed by atoms with van der Waals surface area (Å²) in [5.74, 6) is -0.0662. The van der Waals surface area contributed by atoms with Crippen molar-refractivity contribution in [3.8, 4) is 0 Å². The second-order valence-corrected chi connectivity index (χ2v) is 4.87. The van der Waals surface area contributed by atoms with E-state index >= 15 is 0 Å². The van der Waals surface area contributed by atoms with Gasteiger partial charge in [0.25, 0.3) is 0 Å². The topological polar surface area (TPSA) is 64.4 Å². The van der Waals surface area contributed by atoms with Gasteiger partial charge in [-0.3, -0.25) is 4.79 Å². The van der Waals surface area contributed by atoms with Crippen LogP contribution >= 0.6 is 12.4 Å². The molecule has 0 aromatic carbocycles. The van der Waals surface area contributed by atoms with Crippen LogP contribution in [-0.4, -0.2) is 30.7 Å². The van der Waals surface area contributed by atoms with E-state index in [-0.39, 0.29) is 24.4 Å². The molecular weight excluding hydrogens is 240 g/mol. The van der Waals surface area contributed by atoms with Crippen LogP contribution in [0.15, 0.2) is 0 Å². The molecule has 4 nitrogen and oxygen atoms in total. The van der Waals surface area contributed by atoms with Crippen LogP contribution in [0.1, 0.15) is 46.0 Å². The molecule has 1 rings (SSSR count). The molecule has 1 saturated heterocycles. The number of carbonyl (C=O) groups excluding carboxylic acids is 1. The number of amides is 1. The Balaban J connectivity index is 0.00000256. The maximum atomic E-state index is 11.8. The molecule has 1 fully saturated rings. The zero-order valence-corrected chi connectivity index (χ0v) is 11.6. The Labute approximate surface area is 110 Å². The molecule has 0 saturated carbocycles. The zero-order valence-electron chi connectivity index (χ0n) is 10.8. The second kappa shape index (κ2) is 7.90. The minimum absolute atomic E-state index is 0. The lowest BCUT2D eigenvalue weighted by molar-refractivity contribution is -0.127. The average molecular weight is 265 g/mol. The highest BCUT2D eigenvalue weighted by Gasteiger charge is 2.27. The highest BCUT2D eigenvalue weighted by molar-refractivity contribution is 5.85. The molecule has 17 heavy (non-hydrogen) atoms. The van der Waals surface area contributed by atoms with Gasteiger partial charge in [-0.05, 0) is 32.6 Å². The van der Waals surface area contributed by atoms with E-state index < -0.39 is 5.54 Å². The molecule has 0 aliphatic carbocycles. The second-order valence-electron chi connectivity index (χ2n) is 4.87. The molecule has 1 aliphatic rings. The van der Waals surface area contributed by atoms with E-state index in [1.165, 1.54) is 6.42 Å². The third kappa shape index (κ3) is 5.70. The van der Waals surface area contributed by atoms with Gasteiger partial charge >= 0.3 is 0 Å². The van der Waals surface area contributed by atoms with E-state index in [0.717, 1.165) is 25.9 Å². The molecule has 102 valence electrons. The molecule has 1 amide bonds. The highest BCUT2D eigenvalue weighted by atomic mass is 35.5. The van der Waals surface area contributed by atoms with Gasteiger partial charge in [-0.15, -0.1) is 12.4 Å². The average Bonchev–Trinajstić information content (AvgIpc) is 2.27. The Bertz CT molecular complexity index is 229. The van der Waals surface area contributed by atoms with Crippen LogP contribution in [0.4, 0.5) is 0 Å². The quantitative estimate of drug-likeness (QED) is 0.793. The third-order valence-electron chi connectivity index (χ3n) is 3.05. The summed E-state index contributed by atoms with van der Waals surface area (Å²) in [5.41, 5.74) is 5.19. The van der Waals surface area contributed by atoms with Gasteiger partial charge in [0.2, 0.25) is 5.91 Å². The number of hydrogen-bond acceptors (Lipinski definition) is 3. The van der Waals surface area contributed by atoms with Gasteiger partial charge in [-0.25, -0.2) is 0 Å². The summed E-state index contributed by atoms with van der Waals surface area (Å²) in [5, 5.41) is 2.89. The lowest BCUT2D eigenvalue weighted by Crippen LogP contribution is -2.53. The number of rotatable bonds is 5. The minimum Gasteiger partial charge on any atom is -0.376 e. The number of nitrogens with one attached hydrogen (secondary N) is 1. The van der Waals surface area contributed by atoms with Gasteiger partial charge in [0.05, 0.1) is 11.6 Å². The van der Waals surface area contributed by atoms with Crippen LogP contribution in [0.25, 0.3) is 0 Å². The number of ether oxygens (including phenoxy) is 1. The first-order valence-electron chi connectivity index (χ1n) is 6.25. The van der Waals surface area contributed by atoms with Crippen molar-refractivity contribution >= 4 is 18.3 Å². The van der Waals surface area contributed by atoms with Gasteiger partial charge in [0, 0.05) is 13.2 Å². The Kier molecular flexibility index (Phi) is 7.75. The monoisotopic (exact) mass is 264 g/mol. The van der Waals surface area contributed by atoms with Gasteiger partial charge in [-0.2, -0.15) is 0 Å². The molecule has 0 radical (unpaired) electrons. The van der Waals surface area contributed by atoms with Crippen molar-refractivity contribution in [3.63, 3.8) is 0 Å². The fourth-order valence-corrected chi connectivity index (χ4v) is 2.01. The van der Waals surface area contributed by atoms with Gasteiger partial charge in [0.1, 0.15) is 0 Å². The third-order valence-corrected chi connectivity index (χ3v) is 3.05. The minimum atomic E-state index is -0.747. The molecule has 0 bridgehead atoms. The number of hydrogen-bond donors (Lipinski definition) is 2. The van der Waals surface area contributed by atoms with E-state index in [1.54, 1.807) is 6.92 Å². The van der Waals surface area contributed by atoms with E-state index in [0.29, 0.717) is 13.0 Å². The summed E-state index contributed by atoms with van der Waals surface area (Å²) in [7, 11) is 0. The van der Waals surface area contributed by atoms with Gasteiger partial charge in [0.15, 0.2) is 0 Å². The largest absolute Gasteiger partial charge is 0.376 e. The predicted molar refractivity (Wildman–Crippen MR) is 71.3 cm³/mol. The van der Waals surface area contributed by atoms with Crippen molar-refractivity contribution in [2.45, 2.75) is 57.6 Å². The number of carbonyl (C=O) groups is 1. The predicted octanol–water partition coefficient (Wildman–Crippen LogP) is 1.61. The van der Waals surface area contributed by atoms with Crippen molar-refractivity contribution < 1.29 is 9.53 Å². The summed E-state index contributed by atoms with van der Waals surface area (Å²) in [6.07, 6.45) is 5.17. The van der Waals surface area contributed by atoms with E-state index in [2.05, 4.69) is 5.32 Å². The molecule has 2 unspecified atom stereocenters. The summed E-state index contributed by atoms with van der Waals surface area (Å²) in [6, 6.07) is 0. The first kappa shape index (κ1) is 16.7. The number of halogens is 1. The molecule has 3 N–H and O–H groups in total. The van der Waals surface area contributed by atoms with Crippen molar-refractivity contribution in [2.75, 3.05) is 13.2 Å². The Morgan fingerprint density at radius 2 is 2.24 bits per heavy atom. The van der Waals surface area contributed by atoms with Crippen molar-refractivity contribution in [2.24, 2.45) is 5.73 Å². The van der Waals surface area contributed by atoms with Crippen LogP contribution in [0, 0.1) is 0 Å². The van der Waals surface area contributed by atoms with Gasteiger partial charge in [-0.1, -0.05) is 13.3 Å². The summed E-state index contributed by atoms with van der Waals surface area (Å²) < 4.78 is 5.55. The maximum Gasteiger partial charge on any atom is 0.239 e. The Morgan fingerprint density at radius 3 is 2.76 bits per heavy atom. The summed E-state index contributed by atoms with van der Waals surface area (Å²) in [6.45, 7) is 5.22. The normalized spacial score (nSPS) is 23.4. The molecule has 0 aromatic heterocycles. The van der Waals surface area contributed by atoms with Crippen LogP contribution in [0.3, 0.4) is 0 Å². The lowest BCUT2D eigenvalue weighted by atomic mass is 9.96. The maximum absolute atomic E-state index is 11.8. The zero-order chi connectivity index (χ0) is 12.0. The van der Waals surface area contributed by atoms with E-state index in [1.807, 2.05) is 6.92 Å². The molecular formula is C12H25ClN2O2. The van der Waals surface area contributed by atoms with Crippen molar-refractivity contribution in [3.05, 3.63) is 0 Å². The van der Waals surface area contributed by atoms with E-state index in [9.17, 15) is 4.79 Å². The SMILES string of the molecule is CCCC(C)(N)C(=O)NCC1CCCCO1.Cl. The fourth-order valence-electron chi connectivity index (χ4n) is 2.01. The highest BCUT2D eigenvalue weighted by Crippen LogP contribution is 2.13. The molecule has 1 heterocycles. The summed E-state index contributed by atoms with van der Waals surface area (Å²) >= 11 is 0.